The van der Waals surface area contributed by atoms with E-state index in [2.05, 4.69) is 4.98 Å². The maximum Gasteiger partial charge on any atom is 0.286 e. The maximum absolute atomic E-state index is 13.8. The monoisotopic (exact) mass is 368 g/mol. The molecule has 1 aliphatic heterocycles. The van der Waals surface area contributed by atoms with Gasteiger partial charge in [0.2, 0.25) is 15.9 Å². The summed E-state index contributed by atoms with van der Waals surface area (Å²) in [6, 6.07) is 5.81. The van der Waals surface area contributed by atoms with E-state index in [1.807, 2.05) is 4.72 Å². The first-order valence-electron chi connectivity index (χ1n) is 7.70. The van der Waals surface area contributed by atoms with Crippen molar-refractivity contribution in [1.82, 2.24) is 9.71 Å². The molecule has 134 valence electrons. The van der Waals surface area contributed by atoms with Gasteiger partial charge in [0.15, 0.2) is 5.69 Å². The summed E-state index contributed by atoms with van der Waals surface area (Å²) in [6.45, 7) is 2.34. The number of amides is 1. The summed E-state index contributed by atoms with van der Waals surface area (Å²) < 4.78 is 50.5. The van der Waals surface area contributed by atoms with E-state index in [1.165, 1.54) is 25.1 Å². The van der Waals surface area contributed by atoms with Crippen molar-refractivity contribution in [3.05, 3.63) is 41.5 Å². The minimum absolute atomic E-state index is 0.0812. The molecule has 2 heterocycles. The van der Waals surface area contributed by atoms with Crippen LogP contribution in [0.15, 0.2) is 28.7 Å². The van der Waals surface area contributed by atoms with Gasteiger partial charge in [-0.2, -0.15) is 0 Å². The molecule has 1 aromatic carbocycles. The van der Waals surface area contributed by atoms with Gasteiger partial charge >= 0.3 is 0 Å². The van der Waals surface area contributed by atoms with Crippen LogP contribution < -0.4 is 4.72 Å². The molecule has 0 saturated carbocycles. The SMILES string of the molecule is Cc1oc(-c2ccccc2F)nc1C(=O)NS(=O)(=O)C[C@@H]1CCOC1. The van der Waals surface area contributed by atoms with E-state index >= 15 is 0 Å². The Morgan fingerprint density at radius 3 is 2.84 bits per heavy atom. The topological polar surface area (TPSA) is 98.5 Å². The van der Waals surface area contributed by atoms with Gasteiger partial charge in [0.05, 0.1) is 17.9 Å². The van der Waals surface area contributed by atoms with Crippen LogP contribution in [-0.4, -0.2) is 38.3 Å². The van der Waals surface area contributed by atoms with Crippen molar-refractivity contribution in [2.45, 2.75) is 13.3 Å². The van der Waals surface area contributed by atoms with Gasteiger partial charge in [-0.3, -0.25) is 4.79 Å². The number of aryl methyl sites for hydroxylation is 1. The van der Waals surface area contributed by atoms with Crippen LogP contribution in [0.25, 0.3) is 11.5 Å². The number of aromatic nitrogens is 1. The molecule has 3 rings (SSSR count). The second-order valence-electron chi connectivity index (χ2n) is 5.85. The maximum atomic E-state index is 13.8. The summed E-state index contributed by atoms with van der Waals surface area (Å²) in [5.41, 5.74) is -0.0971. The Kier molecular flexibility index (Phi) is 4.87. The van der Waals surface area contributed by atoms with Crippen LogP contribution >= 0.6 is 0 Å². The average molecular weight is 368 g/mol. The molecule has 1 amide bonds. The average Bonchev–Trinajstić information content (AvgIpc) is 3.16. The highest BCUT2D eigenvalue weighted by molar-refractivity contribution is 7.90. The Morgan fingerprint density at radius 1 is 1.40 bits per heavy atom. The number of oxazole rings is 1. The Hall–Kier alpha value is -2.26. The number of nitrogens with one attached hydrogen (secondary N) is 1. The van der Waals surface area contributed by atoms with Crippen LogP contribution in [0.4, 0.5) is 4.39 Å². The number of carbonyl (C=O) groups is 1. The zero-order chi connectivity index (χ0) is 18.0. The highest BCUT2D eigenvalue weighted by Gasteiger charge is 2.27. The quantitative estimate of drug-likeness (QED) is 0.865. The van der Waals surface area contributed by atoms with Crippen molar-refractivity contribution in [1.29, 1.82) is 0 Å². The summed E-state index contributed by atoms with van der Waals surface area (Å²) in [5.74, 6) is -1.77. The van der Waals surface area contributed by atoms with E-state index in [1.54, 1.807) is 6.07 Å². The molecule has 1 fully saturated rings. The molecule has 2 aromatic rings. The van der Waals surface area contributed by atoms with E-state index < -0.39 is 21.7 Å². The fourth-order valence-electron chi connectivity index (χ4n) is 2.61. The molecule has 1 N–H and O–H groups in total. The predicted molar refractivity (Wildman–Crippen MR) is 86.8 cm³/mol. The number of carbonyl (C=O) groups excluding carboxylic acids is 1. The van der Waals surface area contributed by atoms with Gasteiger partial charge in [-0.1, -0.05) is 12.1 Å². The predicted octanol–water partition coefficient (Wildman–Crippen LogP) is 1.89. The van der Waals surface area contributed by atoms with Gasteiger partial charge in [0.25, 0.3) is 5.91 Å². The van der Waals surface area contributed by atoms with Gasteiger partial charge < -0.3 is 9.15 Å². The van der Waals surface area contributed by atoms with Gasteiger partial charge in [-0.05, 0) is 25.5 Å². The molecule has 7 nitrogen and oxygen atoms in total. The number of benzene rings is 1. The van der Waals surface area contributed by atoms with Gasteiger partial charge in [0, 0.05) is 12.5 Å². The van der Waals surface area contributed by atoms with Gasteiger partial charge in [-0.15, -0.1) is 0 Å². The van der Waals surface area contributed by atoms with E-state index in [4.69, 9.17) is 9.15 Å². The highest BCUT2D eigenvalue weighted by atomic mass is 32.2. The fraction of sp³-hybridized carbons (Fsp3) is 0.375. The van der Waals surface area contributed by atoms with Crippen LogP contribution in [0.3, 0.4) is 0 Å². The zero-order valence-electron chi connectivity index (χ0n) is 13.5. The minimum Gasteiger partial charge on any atom is -0.440 e. The molecule has 1 saturated heterocycles. The van der Waals surface area contributed by atoms with Crippen molar-refractivity contribution in [2.75, 3.05) is 19.0 Å². The third-order valence-corrected chi connectivity index (χ3v) is 5.25. The molecule has 1 aromatic heterocycles. The van der Waals surface area contributed by atoms with Crippen LogP contribution in [0.5, 0.6) is 0 Å². The molecule has 0 aliphatic carbocycles. The molecule has 1 atom stereocenters. The fourth-order valence-corrected chi connectivity index (χ4v) is 3.96. The highest BCUT2D eigenvalue weighted by Crippen LogP contribution is 2.24. The van der Waals surface area contributed by atoms with Crippen LogP contribution in [-0.2, 0) is 14.8 Å². The molecule has 0 spiro atoms. The first kappa shape index (κ1) is 17.6. The first-order valence-corrected chi connectivity index (χ1v) is 9.36. The second-order valence-corrected chi connectivity index (χ2v) is 7.61. The van der Waals surface area contributed by atoms with Crippen molar-refractivity contribution < 1.29 is 26.8 Å². The molecular formula is C16H17FN2O5S. The summed E-state index contributed by atoms with van der Waals surface area (Å²) in [5, 5.41) is 0. The van der Waals surface area contributed by atoms with Crippen LogP contribution in [0.2, 0.25) is 0 Å². The lowest BCUT2D eigenvalue weighted by atomic mass is 10.2. The van der Waals surface area contributed by atoms with E-state index in [0.29, 0.717) is 19.6 Å². The minimum atomic E-state index is -3.83. The normalized spacial score (nSPS) is 17.6. The third kappa shape index (κ3) is 4.05. The second kappa shape index (κ2) is 6.93. The van der Waals surface area contributed by atoms with Crippen molar-refractivity contribution >= 4 is 15.9 Å². The molecule has 25 heavy (non-hydrogen) atoms. The largest absolute Gasteiger partial charge is 0.440 e. The van der Waals surface area contributed by atoms with Crippen molar-refractivity contribution in [2.24, 2.45) is 5.92 Å². The number of halogens is 1. The Balaban J connectivity index is 1.77. The Bertz CT molecular complexity index is 888. The molecule has 0 radical (unpaired) electrons. The standard InChI is InChI=1S/C16H17FN2O5S/c1-10-14(18-16(24-10)12-4-2-3-5-13(12)17)15(20)19-25(21,22)9-11-6-7-23-8-11/h2-5,11H,6-9H2,1H3,(H,19,20)/t11-/m1/s1. The van der Waals surface area contributed by atoms with E-state index in [9.17, 15) is 17.6 Å². The van der Waals surface area contributed by atoms with Crippen LogP contribution in [0.1, 0.15) is 22.7 Å². The van der Waals surface area contributed by atoms with Gasteiger partial charge in [0.1, 0.15) is 11.6 Å². The summed E-state index contributed by atoms with van der Waals surface area (Å²) in [4.78, 5) is 16.2. The molecule has 9 heteroatoms. The van der Waals surface area contributed by atoms with E-state index in [-0.39, 0.29) is 34.6 Å². The number of sulfonamides is 1. The number of hydrogen-bond donors (Lipinski definition) is 1. The summed E-state index contributed by atoms with van der Waals surface area (Å²) in [7, 11) is -3.83. The number of nitrogens with zero attached hydrogens (tertiary/aromatic N) is 1. The van der Waals surface area contributed by atoms with Crippen molar-refractivity contribution in [3.63, 3.8) is 0 Å². The molecule has 0 unspecified atom stereocenters. The first-order chi connectivity index (χ1) is 11.9. The summed E-state index contributed by atoms with van der Waals surface area (Å²) in [6.07, 6.45) is 0.634. The van der Waals surface area contributed by atoms with Gasteiger partial charge in [-0.25, -0.2) is 22.5 Å². The molecular weight excluding hydrogens is 351 g/mol. The van der Waals surface area contributed by atoms with Crippen molar-refractivity contribution in [3.8, 4) is 11.5 Å². The lowest BCUT2D eigenvalue weighted by Gasteiger charge is -2.09. The Morgan fingerprint density at radius 2 is 2.16 bits per heavy atom. The summed E-state index contributed by atoms with van der Waals surface area (Å²) >= 11 is 0. The smallest absolute Gasteiger partial charge is 0.286 e. The van der Waals surface area contributed by atoms with Crippen LogP contribution in [0, 0.1) is 18.7 Å². The number of hydrogen-bond acceptors (Lipinski definition) is 6. The Labute approximate surface area is 144 Å². The number of ether oxygens (including phenoxy) is 1. The lowest BCUT2D eigenvalue weighted by molar-refractivity contribution is 0.0975. The lowest BCUT2D eigenvalue weighted by Crippen LogP contribution is -2.35. The zero-order valence-corrected chi connectivity index (χ0v) is 14.3. The van der Waals surface area contributed by atoms with E-state index in [0.717, 1.165) is 0 Å². The molecule has 1 aliphatic rings. The third-order valence-electron chi connectivity index (χ3n) is 3.84. The number of rotatable bonds is 5. The molecule has 0 bridgehead atoms.